The molecule has 20 heavy (non-hydrogen) atoms. The number of carbonyl (C=O) groups excluding carboxylic acids is 1. The zero-order valence-corrected chi connectivity index (χ0v) is 11.7. The van der Waals surface area contributed by atoms with Crippen LogP contribution in [-0.2, 0) is 21.1 Å². The average molecular weight is 292 g/mol. The molecule has 0 aliphatic carbocycles. The van der Waals surface area contributed by atoms with Crippen molar-refractivity contribution in [1.82, 2.24) is 10.6 Å². The van der Waals surface area contributed by atoms with E-state index in [4.69, 9.17) is 0 Å². The van der Waals surface area contributed by atoms with Gasteiger partial charge in [-0.2, -0.15) is 0 Å². The Morgan fingerprint density at radius 1 is 1.30 bits per heavy atom. The first-order valence-electron chi connectivity index (χ1n) is 6.58. The maximum absolute atomic E-state index is 12.3. The van der Waals surface area contributed by atoms with Crippen molar-refractivity contribution < 1.29 is 13.2 Å². The molecule has 2 aliphatic rings. The Kier molecular flexibility index (Phi) is 3.35. The highest BCUT2D eigenvalue weighted by atomic mass is 32.2. The smallest absolute Gasteiger partial charge is 0.242 e. The molecule has 0 radical (unpaired) electrons. The van der Waals surface area contributed by atoms with Crippen LogP contribution in [0.5, 0.6) is 0 Å². The van der Waals surface area contributed by atoms with Gasteiger partial charge in [-0.05, 0) is 23.6 Å². The Bertz CT molecular complexity index is 667. The fourth-order valence-corrected chi connectivity index (χ4v) is 3.91. The van der Waals surface area contributed by atoms with Crippen LogP contribution >= 0.6 is 0 Å². The molecule has 0 fully saturated rings. The summed E-state index contributed by atoms with van der Waals surface area (Å²) in [6, 6.07) is 7.00. The normalized spacial score (nSPS) is 27.0. The van der Waals surface area contributed by atoms with Gasteiger partial charge in [-0.1, -0.05) is 24.3 Å². The lowest BCUT2D eigenvalue weighted by Gasteiger charge is -2.26. The zero-order valence-electron chi connectivity index (χ0n) is 10.9. The molecular formula is C14H16N2O3S. The van der Waals surface area contributed by atoms with Gasteiger partial charge in [0.1, 0.15) is 6.04 Å². The highest BCUT2D eigenvalue weighted by molar-refractivity contribution is 7.94. The molecule has 1 aromatic carbocycles. The van der Waals surface area contributed by atoms with Gasteiger partial charge in [0.15, 0.2) is 9.84 Å². The lowest BCUT2D eigenvalue weighted by atomic mass is 9.94. The first-order chi connectivity index (χ1) is 9.55. The predicted molar refractivity (Wildman–Crippen MR) is 75.7 cm³/mol. The van der Waals surface area contributed by atoms with E-state index in [1.807, 2.05) is 24.3 Å². The summed E-state index contributed by atoms with van der Waals surface area (Å²) in [6.07, 6.45) is 2.43. The minimum Gasteiger partial charge on any atom is -0.347 e. The van der Waals surface area contributed by atoms with Gasteiger partial charge in [0.2, 0.25) is 5.91 Å². The maximum atomic E-state index is 12.3. The third-order valence-corrected chi connectivity index (χ3v) is 5.02. The van der Waals surface area contributed by atoms with Crippen LogP contribution in [0.25, 0.3) is 0 Å². The summed E-state index contributed by atoms with van der Waals surface area (Å²) in [5.41, 5.74) is 2.14. The molecule has 0 saturated carbocycles. The number of hydrogen-bond acceptors (Lipinski definition) is 4. The van der Waals surface area contributed by atoms with Crippen LogP contribution in [0.1, 0.15) is 17.2 Å². The number of carbonyl (C=O) groups is 1. The molecule has 2 unspecified atom stereocenters. The van der Waals surface area contributed by atoms with Gasteiger partial charge in [-0.25, -0.2) is 8.42 Å². The molecule has 2 heterocycles. The van der Waals surface area contributed by atoms with Crippen LogP contribution in [-0.4, -0.2) is 32.7 Å². The van der Waals surface area contributed by atoms with Crippen LogP contribution in [0, 0.1) is 0 Å². The highest BCUT2D eigenvalue weighted by Gasteiger charge is 2.29. The van der Waals surface area contributed by atoms with Gasteiger partial charge in [-0.3, -0.25) is 4.79 Å². The summed E-state index contributed by atoms with van der Waals surface area (Å²) in [5.74, 6) is -0.225. The summed E-state index contributed by atoms with van der Waals surface area (Å²) in [4.78, 5) is 12.3. The lowest BCUT2D eigenvalue weighted by Crippen LogP contribution is -2.45. The highest BCUT2D eigenvalue weighted by Crippen LogP contribution is 2.23. The van der Waals surface area contributed by atoms with Crippen molar-refractivity contribution in [2.24, 2.45) is 0 Å². The molecule has 106 valence electrons. The molecule has 0 saturated heterocycles. The first-order valence-corrected chi connectivity index (χ1v) is 8.29. The minimum absolute atomic E-state index is 0.0485. The number of fused-ring (bicyclic) bond motifs is 1. The molecule has 2 N–H and O–H groups in total. The molecule has 2 atom stereocenters. The Balaban J connectivity index is 1.75. The monoisotopic (exact) mass is 292 g/mol. The van der Waals surface area contributed by atoms with Crippen LogP contribution in [0.4, 0.5) is 0 Å². The Morgan fingerprint density at radius 3 is 2.85 bits per heavy atom. The molecule has 0 spiro atoms. The maximum Gasteiger partial charge on any atom is 0.242 e. The summed E-state index contributed by atoms with van der Waals surface area (Å²) < 4.78 is 22.7. The number of nitrogens with one attached hydrogen (secondary N) is 2. The molecular weight excluding hydrogens is 276 g/mol. The predicted octanol–water partition coefficient (Wildman–Crippen LogP) is 0.300. The van der Waals surface area contributed by atoms with Crippen LogP contribution in [0.15, 0.2) is 35.7 Å². The third-order valence-electron chi connectivity index (χ3n) is 3.63. The first kappa shape index (κ1) is 13.3. The van der Waals surface area contributed by atoms with Gasteiger partial charge in [0.05, 0.1) is 11.8 Å². The second-order valence-electron chi connectivity index (χ2n) is 5.11. The Hall–Kier alpha value is -1.66. The average Bonchev–Trinajstić information content (AvgIpc) is 2.77. The van der Waals surface area contributed by atoms with Gasteiger partial charge < -0.3 is 10.6 Å². The topological polar surface area (TPSA) is 75.3 Å². The van der Waals surface area contributed by atoms with E-state index in [9.17, 15) is 13.2 Å². The zero-order chi connectivity index (χ0) is 14.2. The van der Waals surface area contributed by atoms with E-state index in [0.29, 0.717) is 0 Å². The van der Waals surface area contributed by atoms with Crippen LogP contribution < -0.4 is 10.6 Å². The fourth-order valence-electron chi connectivity index (χ4n) is 2.67. The molecule has 2 aliphatic heterocycles. The summed E-state index contributed by atoms with van der Waals surface area (Å²) in [5, 5.41) is 7.13. The summed E-state index contributed by atoms with van der Waals surface area (Å²) in [6.45, 7) is 0.744. The van der Waals surface area contributed by atoms with Crippen molar-refractivity contribution in [1.29, 1.82) is 0 Å². The largest absolute Gasteiger partial charge is 0.347 e. The fraction of sp³-hybridized carbons (Fsp3) is 0.357. The lowest BCUT2D eigenvalue weighted by molar-refractivity contribution is -0.123. The molecule has 0 bridgehead atoms. The second-order valence-corrected chi connectivity index (χ2v) is 7.04. The van der Waals surface area contributed by atoms with Crippen molar-refractivity contribution in [2.45, 2.75) is 18.5 Å². The third kappa shape index (κ3) is 2.62. The Labute approximate surface area is 118 Å². The van der Waals surface area contributed by atoms with Crippen molar-refractivity contribution in [3.8, 4) is 0 Å². The standard InChI is InChI=1S/C14H16N2O3S/c17-14(16-11-6-8-20(18,19)9-11)13-12-4-2-1-3-10(12)5-7-15-13/h1-4,6,8,11,13,15H,5,7,9H2,(H,16,17). The quantitative estimate of drug-likeness (QED) is 0.822. The number of rotatable bonds is 2. The second kappa shape index (κ2) is 5.03. The SMILES string of the molecule is O=C(NC1C=CS(=O)(=O)C1)C1NCCc2ccccc21. The van der Waals surface area contributed by atoms with Gasteiger partial charge in [0.25, 0.3) is 0 Å². The van der Waals surface area contributed by atoms with E-state index in [2.05, 4.69) is 10.6 Å². The minimum atomic E-state index is -3.15. The van der Waals surface area contributed by atoms with Gasteiger partial charge >= 0.3 is 0 Å². The van der Waals surface area contributed by atoms with E-state index in [1.54, 1.807) is 0 Å². The van der Waals surface area contributed by atoms with E-state index in [-0.39, 0.29) is 11.7 Å². The summed E-state index contributed by atoms with van der Waals surface area (Å²) in [7, 11) is -3.15. The molecule has 3 rings (SSSR count). The molecule has 1 amide bonds. The van der Waals surface area contributed by atoms with Gasteiger partial charge in [0, 0.05) is 12.0 Å². The van der Waals surface area contributed by atoms with Crippen molar-refractivity contribution >= 4 is 15.7 Å². The summed E-state index contributed by atoms with van der Waals surface area (Å²) >= 11 is 0. The van der Waals surface area contributed by atoms with Crippen molar-refractivity contribution in [3.05, 3.63) is 46.9 Å². The van der Waals surface area contributed by atoms with E-state index in [1.165, 1.54) is 17.0 Å². The van der Waals surface area contributed by atoms with Crippen LogP contribution in [0.2, 0.25) is 0 Å². The molecule has 0 aromatic heterocycles. The molecule has 5 nitrogen and oxygen atoms in total. The molecule has 1 aromatic rings. The van der Waals surface area contributed by atoms with E-state index >= 15 is 0 Å². The number of amides is 1. The van der Waals surface area contributed by atoms with Crippen LogP contribution in [0.3, 0.4) is 0 Å². The van der Waals surface area contributed by atoms with Gasteiger partial charge in [-0.15, -0.1) is 0 Å². The number of sulfone groups is 1. The Morgan fingerprint density at radius 2 is 2.10 bits per heavy atom. The number of hydrogen-bond donors (Lipinski definition) is 2. The van der Waals surface area contributed by atoms with E-state index < -0.39 is 21.9 Å². The van der Waals surface area contributed by atoms with Crippen molar-refractivity contribution in [3.63, 3.8) is 0 Å². The van der Waals surface area contributed by atoms with Crippen molar-refractivity contribution in [2.75, 3.05) is 12.3 Å². The number of benzene rings is 1. The van der Waals surface area contributed by atoms with E-state index in [0.717, 1.165) is 18.5 Å². The molecule has 6 heteroatoms.